The molecular weight excluding hydrogens is 985 g/mol. The Hall–Kier alpha value is -5.70. The molecule has 0 atom stereocenters. The number of nitro groups is 2. The minimum Gasteiger partial charge on any atom is -1.00 e. The van der Waals surface area contributed by atoms with Crippen molar-refractivity contribution in [2.75, 3.05) is 0 Å². The second-order valence-corrected chi connectivity index (χ2v) is 13.9. The van der Waals surface area contributed by atoms with Crippen LogP contribution in [0.15, 0.2) is 158 Å². The van der Waals surface area contributed by atoms with Crippen LogP contribution in [-0.2, 0) is 0 Å². The standard InChI is InChI=1S/2C19H13IN5O2.2ClH/c2*20-15-6-8-16(9-7-15)23-21-19(14-4-2-1-3-5-14)22-24(23)17-10-12-18(13-11-17)25(26)27;;/h2*1-13H;2*1H/q2*+1;;/p-2. The lowest BCUT2D eigenvalue weighted by atomic mass is 10.2. The van der Waals surface area contributed by atoms with Gasteiger partial charge in [-0.2, -0.15) is 0 Å². The van der Waals surface area contributed by atoms with Crippen LogP contribution >= 0.6 is 45.2 Å². The molecular formula is C38H26Cl2I2N10O4. The van der Waals surface area contributed by atoms with Gasteiger partial charge in [0.2, 0.25) is 0 Å². The third-order valence-corrected chi connectivity index (χ3v) is 9.32. The van der Waals surface area contributed by atoms with Crippen LogP contribution in [0.3, 0.4) is 0 Å². The van der Waals surface area contributed by atoms with Crippen molar-refractivity contribution in [2.45, 2.75) is 0 Å². The molecule has 18 heteroatoms. The highest BCUT2D eigenvalue weighted by atomic mass is 127. The normalized spacial score (nSPS) is 10.3. The molecule has 0 saturated carbocycles. The lowest BCUT2D eigenvalue weighted by Gasteiger charge is -2.00. The second kappa shape index (κ2) is 18.8. The first kappa shape index (κ1) is 41.5. The Morgan fingerprint density at radius 2 is 0.786 bits per heavy atom. The molecule has 0 N–H and O–H groups in total. The van der Waals surface area contributed by atoms with Crippen LogP contribution in [-0.4, -0.2) is 39.8 Å². The van der Waals surface area contributed by atoms with Crippen LogP contribution < -0.4 is 34.4 Å². The molecule has 6 aromatic carbocycles. The third kappa shape index (κ3) is 9.56. The Balaban J connectivity index is 0.000000207. The number of non-ortho nitro benzene ring substituents is 2. The van der Waals surface area contributed by atoms with E-state index in [1.54, 1.807) is 43.5 Å². The summed E-state index contributed by atoms with van der Waals surface area (Å²) in [5, 5.41) is 40.4. The molecule has 0 aliphatic carbocycles. The summed E-state index contributed by atoms with van der Waals surface area (Å²) in [7, 11) is 0. The van der Waals surface area contributed by atoms with Crippen molar-refractivity contribution in [1.82, 2.24) is 30.0 Å². The average molecular weight is 1010 g/mol. The van der Waals surface area contributed by atoms with Gasteiger partial charge in [0.15, 0.2) is 11.4 Å². The van der Waals surface area contributed by atoms with E-state index in [9.17, 15) is 20.2 Å². The van der Waals surface area contributed by atoms with Crippen LogP contribution in [0.2, 0.25) is 0 Å². The molecule has 0 saturated heterocycles. The topological polar surface area (TPSA) is 155 Å². The monoisotopic (exact) mass is 1010 g/mol. The minimum absolute atomic E-state index is 0. The third-order valence-electron chi connectivity index (χ3n) is 7.88. The summed E-state index contributed by atoms with van der Waals surface area (Å²) >= 11 is 4.49. The molecule has 0 bridgehead atoms. The van der Waals surface area contributed by atoms with Crippen molar-refractivity contribution in [3.05, 3.63) is 185 Å². The second-order valence-electron chi connectivity index (χ2n) is 11.4. The molecule has 0 radical (unpaired) electrons. The maximum atomic E-state index is 10.9. The fourth-order valence-electron chi connectivity index (χ4n) is 5.21. The van der Waals surface area contributed by atoms with E-state index in [1.807, 2.05) is 109 Å². The number of aromatic nitrogens is 8. The smallest absolute Gasteiger partial charge is 0.340 e. The van der Waals surface area contributed by atoms with E-state index in [1.165, 1.54) is 24.3 Å². The number of nitro benzene ring substituents is 2. The Kier molecular flexibility index (Phi) is 13.9. The predicted molar refractivity (Wildman–Crippen MR) is 215 cm³/mol. The largest absolute Gasteiger partial charge is 1.00 e. The summed E-state index contributed by atoms with van der Waals surface area (Å²) in [5.41, 5.74) is 4.86. The van der Waals surface area contributed by atoms with Crippen molar-refractivity contribution < 1.29 is 44.3 Å². The number of nitrogens with zero attached hydrogens (tertiary/aromatic N) is 10. The average Bonchev–Trinajstić information content (AvgIpc) is 3.86. The zero-order chi connectivity index (χ0) is 37.6. The molecule has 56 heavy (non-hydrogen) atoms. The van der Waals surface area contributed by atoms with Crippen molar-refractivity contribution in [2.24, 2.45) is 0 Å². The Morgan fingerprint density at radius 3 is 1.09 bits per heavy atom. The quantitative estimate of drug-likeness (QED) is 0.0961. The first-order valence-corrected chi connectivity index (χ1v) is 18.3. The van der Waals surface area contributed by atoms with Gasteiger partial charge < -0.3 is 24.8 Å². The van der Waals surface area contributed by atoms with E-state index >= 15 is 0 Å². The number of hydrogen-bond acceptors (Lipinski definition) is 8. The summed E-state index contributed by atoms with van der Waals surface area (Å²) in [6.45, 7) is 0. The van der Waals surface area contributed by atoms with Gasteiger partial charge in [0.1, 0.15) is 11.4 Å². The maximum absolute atomic E-state index is 10.9. The molecule has 0 fully saturated rings. The summed E-state index contributed by atoms with van der Waals surface area (Å²) < 4.78 is 2.23. The van der Waals surface area contributed by atoms with Crippen molar-refractivity contribution in [1.29, 1.82) is 0 Å². The number of tetrazole rings is 2. The van der Waals surface area contributed by atoms with Gasteiger partial charge in [-0.1, -0.05) is 36.4 Å². The molecule has 2 aromatic heterocycles. The molecule has 0 aliphatic rings. The summed E-state index contributed by atoms with van der Waals surface area (Å²) in [5.74, 6) is 1.13. The van der Waals surface area contributed by atoms with E-state index in [-0.39, 0.29) is 36.2 Å². The van der Waals surface area contributed by atoms with Crippen LogP contribution in [0.5, 0.6) is 0 Å². The van der Waals surface area contributed by atoms with Crippen LogP contribution in [0.4, 0.5) is 11.4 Å². The molecule has 280 valence electrons. The van der Waals surface area contributed by atoms with Crippen LogP contribution in [0, 0.1) is 27.4 Å². The molecule has 0 aliphatic heterocycles. The van der Waals surface area contributed by atoms with Crippen molar-refractivity contribution in [3.8, 4) is 45.5 Å². The molecule has 0 unspecified atom stereocenters. The van der Waals surface area contributed by atoms with Crippen LogP contribution in [0.1, 0.15) is 0 Å². The summed E-state index contributed by atoms with van der Waals surface area (Å²) in [4.78, 5) is 27.6. The van der Waals surface area contributed by atoms with Gasteiger partial charge in [0.25, 0.3) is 11.4 Å². The van der Waals surface area contributed by atoms with E-state index in [2.05, 4.69) is 65.6 Å². The van der Waals surface area contributed by atoms with Gasteiger partial charge in [0.05, 0.1) is 31.2 Å². The van der Waals surface area contributed by atoms with Gasteiger partial charge in [0, 0.05) is 41.0 Å². The number of benzene rings is 6. The first-order chi connectivity index (χ1) is 26.2. The van der Waals surface area contributed by atoms with Crippen molar-refractivity contribution >= 4 is 56.6 Å². The maximum Gasteiger partial charge on any atom is 0.340 e. The molecule has 14 nitrogen and oxygen atoms in total. The lowest BCUT2D eigenvalue weighted by Crippen LogP contribution is -3.00. The highest BCUT2D eigenvalue weighted by Gasteiger charge is 2.25. The molecule has 0 spiro atoms. The van der Waals surface area contributed by atoms with E-state index in [4.69, 9.17) is 0 Å². The summed E-state index contributed by atoms with van der Waals surface area (Å²) in [6.07, 6.45) is 0. The zero-order valence-corrected chi connectivity index (χ0v) is 34.5. The number of halogens is 4. The SMILES string of the molecule is O=[N+]([O-])c1ccc(-[n+]2nc(-c3ccccc3)nn2-c2ccc(I)cc2)cc1.O=[N+]([O-])c1ccc(-[n+]2nc(-c3ccccc3)nn2-c2ccc(I)cc2)cc1.[Cl-].[Cl-]. The minimum atomic E-state index is -0.423. The summed E-state index contributed by atoms with van der Waals surface area (Å²) in [6, 6.07) is 47.5. The van der Waals surface area contributed by atoms with Gasteiger partial charge in [-0.25, -0.2) is 0 Å². The first-order valence-electron chi connectivity index (χ1n) is 16.2. The molecule has 8 aromatic rings. The zero-order valence-electron chi connectivity index (χ0n) is 28.6. The Labute approximate surface area is 358 Å². The van der Waals surface area contributed by atoms with Crippen molar-refractivity contribution in [3.63, 3.8) is 0 Å². The van der Waals surface area contributed by atoms with E-state index in [0.29, 0.717) is 23.0 Å². The fraction of sp³-hybridized carbons (Fsp3) is 0. The molecule has 0 amide bonds. The van der Waals surface area contributed by atoms with Gasteiger partial charge in [-0.3, -0.25) is 20.2 Å². The van der Waals surface area contributed by atoms with Gasteiger partial charge in [-0.15, -0.1) is 0 Å². The predicted octanol–water partition coefficient (Wildman–Crippen LogP) is 1.46. The van der Waals surface area contributed by atoms with Gasteiger partial charge >= 0.3 is 11.6 Å². The fourth-order valence-corrected chi connectivity index (χ4v) is 5.93. The lowest BCUT2D eigenvalue weighted by molar-refractivity contribution is -0.734. The van der Waals surface area contributed by atoms with E-state index in [0.717, 1.165) is 29.6 Å². The highest BCUT2D eigenvalue weighted by Crippen LogP contribution is 2.19. The van der Waals surface area contributed by atoms with Gasteiger partial charge in [-0.05, 0) is 162 Å². The highest BCUT2D eigenvalue weighted by molar-refractivity contribution is 14.1. The molecule has 2 heterocycles. The van der Waals surface area contributed by atoms with E-state index < -0.39 is 9.85 Å². The van der Waals surface area contributed by atoms with Crippen LogP contribution in [0.25, 0.3) is 45.5 Å². The number of rotatable bonds is 8. The molecule has 8 rings (SSSR count). The Bertz CT molecular complexity index is 2380. The number of hydrogen-bond donors (Lipinski definition) is 0. The Morgan fingerprint density at radius 1 is 0.464 bits per heavy atom.